The first-order valence-corrected chi connectivity index (χ1v) is 9.59. The molecule has 1 aromatic heterocycles. The lowest BCUT2D eigenvalue weighted by molar-refractivity contribution is -0.121. The highest BCUT2D eigenvalue weighted by Crippen LogP contribution is 2.32. The minimum Gasteiger partial charge on any atom is -0.360 e. The molecule has 0 radical (unpaired) electrons. The molecule has 8 heteroatoms. The molecule has 0 bridgehead atoms. The molecular formula is C17H21N3O4S. The van der Waals surface area contributed by atoms with Gasteiger partial charge >= 0.3 is 0 Å². The summed E-state index contributed by atoms with van der Waals surface area (Å²) >= 11 is 0. The van der Waals surface area contributed by atoms with Gasteiger partial charge in [0, 0.05) is 23.8 Å². The fraction of sp³-hybridized carbons (Fsp3) is 0.412. The molecule has 3 rings (SSSR count). The summed E-state index contributed by atoms with van der Waals surface area (Å²) in [5.41, 5.74) is 2.57. The first-order chi connectivity index (χ1) is 11.7. The summed E-state index contributed by atoms with van der Waals surface area (Å²) in [4.78, 5) is 14.1. The van der Waals surface area contributed by atoms with Crippen LogP contribution in [-0.4, -0.2) is 26.0 Å². The van der Waals surface area contributed by atoms with E-state index >= 15 is 0 Å². The normalized spacial score (nSPS) is 14.0. The van der Waals surface area contributed by atoms with E-state index in [1.807, 2.05) is 13.8 Å². The number of hydrogen-bond donors (Lipinski definition) is 1. The number of rotatable bonds is 4. The maximum absolute atomic E-state index is 12.6. The van der Waals surface area contributed by atoms with Gasteiger partial charge in [0.2, 0.25) is 5.91 Å². The Kier molecular flexibility index (Phi) is 4.32. The van der Waals surface area contributed by atoms with Crippen molar-refractivity contribution in [1.82, 2.24) is 5.16 Å². The Morgan fingerprint density at radius 1 is 1.32 bits per heavy atom. The monoisotopic (exact) mass is 363 g/mol. The van der Waals surface area contributed by atoms with Crippen molar-refractivity contribution in [3.8, 4) is 0 Å². The molecule has 0 unspecified atom stereocenters. The van der Waals surface area contributed by atoms with Gasteiger partial charge in [0.1, 0.15) is 5.69 Å². The zero-order valence-electron chi connectivity index (χ0n) is 14.7. The van der Waals surface area contributed by atoms with E-state index in [-0.39, 0.29) is 22.5 Å². The van der Waals surface area contributed by atoms with Crippen LogP contribution in [0.2, 0.25) is 0 Å². The fourth-order valence-electron chi connectivity index (χ4n) is 3.07. The van der Waals surface area contributed by atoms with Gasteiger partial charge < -0.3 is 9.42 Å². The molecule has 0 saturated heterocycles. The van der Waals surface area contributed by atoms with Gasteiger partial charge in [0.25, 0.3) is 10.0 Å². The molecule has 0 atom stereocenters. The van der Waals surface area contributed by atoms with Crippen LogP contribution in [0.25, 0.3) is 0 Å². The number of aromatic nitrogens is 1. The fourth-order valence-corrected chi connectivity index (χ4v) is 4.45. The van der Waals surface area contributed by atoms with Crippen molar-refractivity contribution in [2.24, 2.45) is 5.92 Å². The number of carbonyl (C=O) groups is 1. The van der Waals surface area contributed by atoms with Crippen LogP contribution in [-0.2, 0) is 21.2 Å². The highest BCUT2D eigenvalue weighted by Gasteiger charge is 2.28. The average molecular weight is 363 g/mol. The van der Waals surface area contributed by atoms with Gasteiger partial charge in [-0.25, -0.2) is 8.42 Å². The van der Waals surface area contributed by atoms with E-state index in [0.717, 1.165) is 11.3 Å². The van der Waals surface area contributed by atoms with E-state index in [9.17, 15) is 13.2 Å². The number of nitrogens with zero attached hydrogens (tertiary/aromatic N) is 2. The molecule has 1 aromatic carbocycles. The van der Waals surface area contributed by atoms with Crippen LogP contribution in [0.5, 0.6) is 0 Å². The molecule has 0 saturated carbocycles. The van der Waals surface area contributed by atoms with E-state index in [1.54, 1.807) is 36.9 Å². The van der Waals surface area contributed by atoms with Crippen LogP contribution in [0.4, 0.5) is 11.4 Å². The third-order valence-corrected chi connectivity index (χ3v) is 5.85. The van der Waals surface area contributed by atoms with Crippen molar-refractivity contribution in [3.05, 3.63) is 35.2 Å². The van der Waals surface area contributed by atoms with Crippen molar-refractivity contribution in [2.75, 3.05) is 16.2 Å². The number of sulfonamides is 1. The number of anilines is 2. The molecule has 134 valence electrons. The quantitative estimate of drug-likeness (QED) is 0.901. The predicted molar refractivity (Wildman–Crippen MR) is 94.1 cm³/mol. The van der Waals surface area contributed by atoms with Crippen molar-refractivity contribution >= 4 is 27.3 Å². The SMILES string of the molecule is Cc1noc(C)c1S(=O)(=O)Nc1ccc2c(c1)CCN2C(=O)C(C)C. The van der Waals surface area contributed by atoms with Gasteiger partial charge in [0.15, 0.2) is 10.7 Å². The molecule has 7 nitrogen and oxygen atoms in total. The second kappa shape index (κ2) is 6.18. The molecule has 25 heavy (non-hydrogen) atoms. The van der Waals surface area contributed by atoms with E-state index in [1.165, 1.54) is 0 Å². The first kappa shape index (κ1) is 17.5. The Bertz CT molecular complexity index is 912. The smallest absolute Gasteiger partial charge is 0.267 e. The van der Waals surface area contributed by atoms with Crippen LogP contribution < -0.4 is 9.62 Å². The van der Waals surface area contributed by atoms with Crippen molar-refractivity contribution in [3.63, 3.8) is 0 Å². The topological polar surface area (TPSA) is 92.5 Å². The minimum absolute atomic E-state index is 0.0598. The van der Waals surface area contributed by atoms with Crippen LogP contribution in [0, 0.1) is 19.8 Å². The lowest BCUT2D eigenvalue weighted by Crippen LogP contribution is -2.32. The maximum atomic E-state index is 12.6. The van der Waals surface area contributed by atoms with Gasteiger partial charge in [-0.3, -0.25) is 9.52 Å². The van der Waals surface area contributed by atoms with Gasteiger partial charge in [-0.1, -0.05) is 19.0 Å². The molecule has 0 fully saturated rings. The molecule has 0 spiro atoms. The Labute approximate surface area is 147 Å². The molecule has 1 aliphatic heterocycles. The van der Waals surface area contributed by atoms with Crippen LogP contribution in [0.3, 0.4) is 0 Å². The van der Waals surface area contributed by atoms with Gasteiger partial charge in [0.05, 0.1) is 0 Å². The summed E-state index contributed by atoms with van der Waals surface area (Å²) < 4.78 is 32.7. The molecule has 1 aliphatic rings. The molecule has 1 N–H and O–H groups in total. The van der Waals surface area contributed by atoms with Crippen LogP contribution in [0.1, 0.15) is 30.9 Å². The minimum atomic E-state index is -3.78. The Hall–Kier alpha value is -2.35. The third-order valence-electron chi connectivity index (χ3n) is 4.22. The summed E-state index contributed by atoms with van der Waals surface area (Å²) in [6.07, 6.45) is 0.703. The number of benzene rings is 1. The Balaban J connectivity index is 1.88. The summed E-state index contributed by atoms with van der Waals surface area (Å²) in [6.45, 7) is 7.50. The van der Waals surface area contributed by atoms with E-state index < -0.39 is 10.0 Å². The molecule has 2 heterocycles. The van der Waals surface area contributed by atoms with Gasteiger partial charge in [-0.05, 0) is 44.0 Å². The first-order valence-electron chi connectivity index (χ1n) is 8.10. The van der Waals surface area contributed by atoms with Gasteiger partial charge in [-0.15, -0.1) is 0 Å². The zero-order valence-corrected chi connectivity index (χ0v) is 15.5. The van der Waals surface area contributed by atoms with E-state index in [4.69, 9.17) is 4.52 Å². The second-order valence-electron chi connectivity index (χ2n) is 6.50. The van der Waals surface area contributed by atoms with E-state index in [2.05, 4.69) is 9.88 Å². The predicted octanol–water partition coefficient (Wildman–Crippen LogP) is 2.64. The largest absolute Gasteiger partial charge is 0.360 e. The van der Waals surface area contributed by atoms with Crippen molar-refractivity contribution in [1.29, 1.82) is 0 Å². The average Bonchev–Trinajstić information content (AvgIpc) is 3.09. The standard InChI is InChI=1S/C17H21N3O4S/c1-10(2)17(21)20-8-7-13-9-14(5-6-15(13)20)19-25(22,23)16-11(3)18-24-12(16)4/h5-6,9-10,19H,7-8H2,1-4H3. The highest BCUT2D eigenvalue weighted by molar-refractivity contribution is 7.92. The number of amides is 1. The lowest BCUT2D eigenvalue weighted by Gasteiger charge is -2.19. The lowest BCUT2D eigenvalue weighted by atomic mass is 10.1. The third kappa shape index (κ3) is 3.13. The molecule has 2 aromatic rings. The molecular weight excluding hydrogens is 342 g/mol. The summed E-state index contributed by atoms with van der Waals surface area (Å²) in [5, 5.41) is 3.69. The van der Waals surface area contributed by atoms with Gasteiger partial charge in [-0.2, -0.15) is 0 Å². The highest BCUT2D eigenvalue weighted by atomic mass is 32.2. The zero-order chi connectivity index (χ0) is 18.4. The number of hydrogen-bond acceptors (Lipinski definition) is 5. The Morgan fingerprint density at radius 2 is 2.04 bits per heavy atom. The summed E-state index contributed by atoms with van der Waals surface area (Å²) in [6, 6.07) is 5.23. The number of nitrogens with one attached hydrogen (secondary N) is 1. The molecule has 1 amide bonds. The van der Waals surface area contributed by atoms with Crippen molar-refractivity contribution < 1.29 is 17.7 Å². The Morgan fingerprint density at radius 3 is 2.64 bits per heavy atom. The van der Waals surface area contributed by atoms with E-state index in [0.29, 0.717) is 24.3 Å². The number of carbonyl (C=O) groups excluding carboxylic acids is 1. The van der Waals surface area contributed by atoms with Crippen LogP contribution >= 0.6 is 0 Å². The summed E-state index contributed by atoms with van der Waals surface area (Å²) in [7, 11) is -3.78. The van der Waals surface area contributed by atoms with Crippen LogP contribution in [0.15, 0.2) is 27.6 Å². The number of aryl methyl sites for hydroxylation is 2. The molecule has 0 aliphatic carbocycles. The number of fused-ring (bicyclic) bond motifs is 1. The summed E-state index contributed by atoms with van der Waals surface area (Å²) in [5.74, 6) is 0.242. The second-order valence-corrected chi connectivity index (χ2v) is 8.12. The maximum Gasteiger partial charge on any atom is 0.267 e. The van der Waals surface area contributed by atoms with Crippen molar-refractivity contribution in [2.45, 2.75) is 39.0 Å².